The SMILES string of the molecule is CC(O)CNC(=O)c1sccc1S(=O)(=O)N1CCCC1. The number of carbonyl (C=O) groups is 1. The van der Waals surface area contributed by atoms with Crippen molar-refractivity contribution in [2.75, 3.05) is 19.6 Å². The van der Waals surface area contributed by atoms with Gasteiger partial charge in [-0.15, -0.1) is 11.3 Å². The van der Waals surface area contributed by atoms with Gasteiger partial charge >= 0.3 is 0 Å². The lowest BCUT2D eigenvalue weighted by molar-refractivity contribution is 0.0925. The van der Waals surface area contributed by atoms with Crippen LogP contribution in [0, 0.1) is 0 Å². The van der Waals surface area contributed by atoms with Gasteiger partial charge in [-0.05, 0) is 31.2 Å². The van der Waals surface area contributed by atoms with E-state index in [0.717, 1.165) is 24.2 Å². The molecule has 1 amide bonds. The first-order chi connectivity index (χ1) is 9.43. The number of thiophene rings is 1. The molecule has 1 unspecified atom stereocenters. The average Bonchev–Trinajstić information content (AvgIpc) is 3.06. The smallest absolute Gasteiger partial charge is 0.262 e. The van der Waals surface area contributed by atoms with Crippen LogP contribution in [0.15, 0.2) is 16.3 Å². The molecule has 0 radical (unpaired) electrons. The summed E-state index contributed by atoms with van der Waals surface area (Å²) >= 11 is 1.10. The molecule has 1 aliphatic rings. The van der Waals surface area contributed by atoms with Crippen LogP contribution < -0.4 is 5.32 Å². The Kier molecular flexibility index (Phi) is 4.79. The minimum absolute atomic E-state index is 0.0625. The molecule has 1 aliphatic heterocycles. The fraction of sp³-hybridized carbons (Fsp3) is 0.583. The Morgan fingerprint density at radius 2 is 2.15 bits per heavy atom. The number of amides is 1. The van der Waals surface area contributed by atoms with Gasteiger partial charge in [0.25, 0.3) is 5.91 Å². The predicted octanol–water partition coefficient (Wildman–Crippen LogP) is 0.643. The third-order valence-electron chi connectivity index (χ3n) is 3.08. The zero-order valence-electron chi connectivity index (χ0n) is 11.2. The highest BCUT2D eigenvalue weighted by molar-refractivity contribution is 7.89. The van der Waals surface area contributed by atoms with E-state index in [0.29, 0.717) is 13.1 Å². The maximum atomic E-state index is 12.5. The highest BCUT2D eigenvalue weighted by Crippen LogP contribution is 2.27. The quantitative estimate of drug-likeness (QED) is 0.834. The Morgan fingerprint density at radius 3 is 2.75 bits per heavy atom. The molecule has 1 atom stereocenters. The van der Waals surface area contributed by atoms with Crippen molar-refractivity contribution in [1.82, 2.24) is 9.62 Å². The lowest BCUT2D eigenvalue weighted by Gasteiger charge is -2.15. The van der Waals surface area contributed by atoms with Crippen molar-refractivity contribution in [2.24, 2.45) is 0 Å². The van der Waals surface area contributed by atoms with E-state index >= 15 is 0 Å². The molecule has 0 aliphatic carbocycles. The average molecular weight is 318 g/mol. The molecule has 2 N–H and O–H groups in total. The zero-order valence-corrected chi connectivity index (χ0v) is 12.8. The van der Waals surface area contributed by atoms with Gasteiger partial charge in [-0.2, -0.15) is 4.31 Å². The van der Waals surface area contributed by atoms with Crippen molar-refractivity contribution in [3.8, 4) is 0 Å². The number of hydrogen-bond acceptors (Lipinski definition) is 5. The van der Waals surface area contributed by atoms with Gasteiger partial charge in [0.1, 0.15) is 9.77 Å². The number of aliphatic hydroxyl groups excluding tert-OH is 1. The predicted molar refractivity (Wildman–Crippen MR) is 76.3 cm³/mol. The van der Waals surface area contributed by atoms with Crippen molar-refractivity contribution in [1.29, 1.82) is 0 Å². The summed E-state index contributed by atoms with van der Waals surface area (Å²) in [6.07, 6.45) is 1.04. The topological polar surface area (TPSA) is 86.7 Å². The van der Waals surface area contributed by atoms with Gasteiger partial charge < -0.3 is 10.4 Å². The van der Waals surface area contributed by atoms with Gasteiger partial charge in [0.05, 0.1) is 6.10 Å². The van der Waals surface area contributed by atoms with Crippen molar-refractivity contribution < 1.29 is 18.3 Å². The molecule has 1 saturated heterocycles. The molecule has 0 bridgehead atoms. The van der Waals surface area contributed by atoms with E-state index in [1.54, 1.807) is 12.3 Å². The van der Waals surface area contributed by atoms with Gasteiger partial charge in [0.15, 0.2) is 0 Å². The molecule has 20 heavy (non-hydrogen) atoms. The van der Waals surface area contributed by atoms with Crippen LogP contribution in [0.1, 0.15) is 29.4 Å². The molecular formula is C12H18N2O4S2. The van der Waals surface area contributed by atoms with Gasteiger partial charge in [-0.1, -0.05) is 0 Å². The number of nitrogens with one attached hydrogen (secondary N) is 1. The Balaban J connectivity index is 2.21. The first-order valence-electron chi connectivity index (χ1n) is 6.47. The highest BCUT2D eigenvalue weighted by atomic mass is 32.2. The van der Waals surface area contributed by atoms with E-state index in [1.807, 2.05) is 0 Å². The molecular weight excluding hydrogens is 300 g/mol. The number of carbonyl (C=O) groups excluding carboxylic acids is 1. The van der Waals surface area contributed by atoms with E-state index < -0.39 is 22.0 Å². The summed E-state index contributed by atoms with van der Waals surface area (Å²) in [6, 6.07) is 1.47. The molecule has 2 heterocycles. The molecule has 112 valence electrons. The number of aliphatic hydroxyl groups is 1. The highest BCUT2D eigenvalue weighted by Gasteiger charge is 2.31. The lowest BCUT2D eigenvalue weighted by atomic mass is 10.4. The molecule has 0 spiro atoms. The van der Waals surface area contributed by atoms with E-state index in [1.165, 1.54) is 10.4 Å². The second-order valence-electron chi connectivity index (χ2n) is 4.78. The molecule has 1 fully saturated rings. The molecule has 0 aromatic carbocycles. The molecule has 2 rings (SSSR count). The van der Waals surface area contributed by atoms with Gasteiger partial charge in [0, 0.05) is 19.6 Å². The Morgan fingerprint density at radius 1 is 1.50 bits per heavy atom. The van der Waals surface area contributed by atoms with Crippen LogP contribution in [0.4, 0.5) is 0 Å². The fourth-order valence-corrected chi connectivity index (χ4v) is 4.89. The summed E-state index contributed by atoms with van der Waals surface area (Å²) in [7, 11) is -3.59. The lowest BCUT2D eigenvalue weighted by Crippen LogP contribution is -2.33. The monoisotopic (exact) mass is 318 g/mol. The van der Waals surface area contributed by atoms with Gasteiger partial charge in [-0.25, -0.2) is 8.42 Å². The summed E-state index contributed by atoms with van der Waals surface area (Å²) in [5.41, 5.74) is 0. The van der Waals surface area contributed by atoms with E-state index in [2.05, 4.69) is 5.32 Å². The summed E-state index contributed by atoms with van der Waals surface area (Å²) in [5, 5.41) is 13.3. The Labute approximate surface area is 122 Å². The molecule has 1 aromatic heterocycles. The Hall–Kier alpha value is -0.960. The summed E-state index contributed by atoms with van der Waals surface area (Å²) in [4.78, 5) is 12.2. The van der Waals surface area contributed by atoms with E-state index in [4.69, 9.17) is 5.11 Å². The van der Waals surface area contributed by atoms with E-state index in [-0.39, 0.29) is 16.3 Å². The third-order valence-corrected chi connectivity index (χ3v) is 6.06. The van der Waals surface area contributed by atoms with Crippen LogP contribution in [0.5, 0.6) is 0 Å². The minimum atomic E-state index is -3.59. The van der Waals surface area contributed by atoms with Crippen molar-refractivity contribution in [2.45, 2.75) is 30.8 Å². The van der Waals surface area contributed by atoms with Gasteiger partial charge in [0.2, 0.25) is 10.0 Å². The Bertz CT molecular complexity index is 574. The van der Waals surface area contributed by atoms with Crippen LogP contribution in [0.2, 0.25) is 0 Å². The number of nitrogens with zero attached hydrogens (tertiary/aromatic N) is 1. The van der Waals surface area contributed by atoms with Crippen LogP contribution in [-0.4, -0.2) is 49.5 Å². The van der Waals surface area contributed by atoms with Crippen LogP contribution >= 0.6 is 11.3 Å². The van der Waals surface area contributed by atoms with Crippen LogP contribution in [0.3, 0.4) is 0 Å². The van der Waals surface area contributed by atoms with Crippen LogP contribution in [0.25, 0.3) is 0 Å². The third kappa shape index (κ3) is 3.20. The second-order valence-corrected chi connectivity index (χ2v) is 7.61. The maximum absolute atomic E-state index is 12.5. The van der Waals surface area contributed by atoms with E-state index in [9.17, 15) is 13.2 Å². The number of rotatable bonds is 5. The standard InChI is InChI=1S/C12H18N2O4S2/c1-9(15)8-13-12(16)11-10(4-7-19-11)20(17,18)14-5-2-3-6-14/h4,7,9,15H,2-3,5-6,8H2,1H3,(H,13,16). The number of hydrogen-bond donors (Lipinski definition) is 2. The van der Waals surface area contributed by atoms with Crippen LogP contribution in [-0.2, 0) is 10.0 Å². The first kappa shape index (κ1) is 15.4. The number of sulfonamides is 1. The fourth-order valence-electron chi connectivity index (χ4n) is 2.05. The maximum Gasteiger partial charge on any atom is 0.262 e. The van der Waals surface area contributed by atoms with Crippen molar-refractivity contribution >= 4 is 27.3 Å². The molecule has 8 heteroatoms. The summed E-state index contributed by atoms with van der Waals surface area (Å²) in [6.45, 7) is 2.66. The second kappa shape index (κ2) is 6.21. The normalized spacial score (nSPS) is 18.1. The molecule has 6 nitrogen and oxygen atoms in total. The molecule has 0 saturated carbocycles. The summed E-state index contributed by atoms with van der Waals surface area (Å²) in [5.74, 6) is -0.460. The molecule has 1 aromatic rings. The first-order valence-corrected chi connectivity index (χ1v) is 8.79. The van der Waals surface area contributed by atoms with Crippen molar-refractivity contribution in [3.63, 3.8) is 0 Å². The largest absolute Gasteiger partial charge is 0.392 e. The van der Waals surface area contributed by atoms with Gasteiger partial charge in [-0.3, -0.25) is 4.79 Å². The van der Waals surface area contributed by atoms with Crippen molar-refractivity contribution in [3.05, 3.63) is 16.3 Å². The zero-order chi connectivity index (χ0) is 14.8. The minimum Gasteiger partial charge on any atom is -0.392 e. The summed E-state index contributed by atoms with van der Waals surface area (Å²) < 4.78 is 26.3.